The van der Waals surface area contributed by atoms with Gasteiger partial charge in [-0.2, -0.15) is 8.78 Å². The minimum absolute atomic E-state index is 0.144. The average molecular weight is 335 g/mol. The molecule has 0 radical (unpaired) electrons. The molecule has 0 atom stereocenters. The second-order valence-corrected chi connectivity index (χ2v) is 6.12. The first-order valence-electron chi connectivity index (χ1n) is 6.22. The smallest absolute Gasteiger partial charge is 0.382 e. The monoisotopic (exact) mass is 335 g/mol. The van der Waals surface area contributed by atoms with Gasteiger partial charge in [0, 0.05) is 5.56 Å². The van der Waals surface area contributed by atoms with Gasteiger partial charge < -0.3 is 4.74 Å². The molecule has 1 aromatic rings. The molecule has 6 nitrogen and oxygen atoms in total. The summed E-state index contributed by atoms with van der Waals surface area (Å²) < 4.78 is 58.3. The molecule has 0 aliphatic heterocycles. The average Bonchev–Trinajstić information content (AvgIpc) is 2.46. The molecule has 0 heterocycles. The fourth-order valence-corrected chi connectivity index (χ4v) is 2.61. The van der Waals surface area contributed by atoms with Crippen molar-refractivity contribution in [3.8, 4) is 0 Å². The van der Waals surface area contributed by atoms with E-state index in [0.717, 1.165) is 26.1 Å². The number of halogens is 2. The Labute approximate surface area is 126 Å². The highest BCUT2D eigenvalue weighted by molar-refractivity contribution is 7.89. The molecule has 0 fully saturated rings. The summed E-state index contributed by atoms with van der Waals surface area (Å²) in [4.78, 5) is 22.0. The summed E-state index contributed by atoms with van der Waals surface area (Å²) in [5.74, 6) is -6.64. The Kier molecular flexibility index (Phi) is 5.36. The zero-order valence-corrected chi connectivity index (χ0v) is 13.0. The van der Waals surface area contributed by atoms with E-state index >= 15 is 0 Å². The largest absolute Gasteiger partial charge is 0.461 e. The lowest BCUT2D eigenvalue weighted by molar-refractivity contribution is -0.173. The van der Waals surface area contributed by atoms with E-state index in [0.29, 0.717) is 6.07 Å². The van der Waals surface area contributed by atoms with Crippen LogP contribution in [0.4, 0.5) is 8.78 Å². The molecular weight excluding hydrogens is 320 g/mol. The maximum absolute atomic E-state index is 14.2. The quantitative estimate of drug-likeness (QED) is 0.628. The lowest BCUT2D eigenvalue weighted by Gasteiger charge is -2.19. The molecule has 0 amide bonds. The van der Waals surface area contributed by atoms with Crippen LogP contribution in [0.15, 0.2) is 23.1 Å². The molecule has 0 unspecified atom stereocenters. The van der Waals surface area contributed by atoms with Crippen molar-refractivity contribution in [3.05, 3.63) is 29.3 Å². The van der Waals surface area contributed by atoms with E-state index in [2.05, 4.69) is 4.74 Å². The minimum atomic E-state index is -4.25. The van der Waals surface area contributed by atoms with Crippen molar-refractivity contribution in [2.45, 2.75) is 24.7 Å². The first-order chi connectivity index (χ1) is 10.1. The number of nitrogens with one attached hydrogen (secondary N) is 1. The number of Topliss-reactive ketones (excluding diaryl/α,β-unsaturated/α-hetero) is 1. The Morgan fingerprint density at radius 3 is 2.36 bits per heavy atom. The van der Waals surface area contributed by atoms with Crippen LogP contribution in [0.25, 0.3) is 0 Å². The summed E-state index contributed by atoms with van der Waals surface area (Å²) in [6, 6.07) is 2.63. The Balaban J connectivity index is 3.63. The topological polar surface area (TPSA) is 89.5 Å². The predicted molar refractivity (Wildman–Crippen MR) is 73.2 cm³/mol. The van der Waals surface area contributed by atoms with E-state index in [1.165, 1.54) is 6.92 Å². The minimum Gasteiger partial charge on any atom is -0.461 e. The third-order valence-corrected chi connectivity index (χ3v) is 4.29. The van der Waals surface area contributed by atoms with Crippen LogP contribution in [0.3, 0.4) is 0 Å². The lowest BCUT2D eigenvalue weighted by atomic mass is 10.0. The molecule has 9 heteroatoms. The number of benzene rings is 1. The first kappa shape index (κ1) is 18.2. The molecule has 0 saturated heterocycles. The molecular formula is C13H15F2NO5S. The Bertz CT molecular complexity index is 700. The molecule has 0 bridgehead atoms. The molecule has 1 rings (SSSR count). The van der Waals surface area contributed by atoms with E-state index in [-0.39, 0.29) is 12.2 Å². The molecule has 22 heavy (non-hydrogen) atoms. The van der Waals surface area contributed by atoms with Crippen molar-refractivity contribution >= 4 is 21.8 Å². The molecule has 0 aliphatic rings. The van der Waals surface area contributed by atoms with Gasteiger partial charge >= 0.3 is 11.9 Å². The van der Waals surface area contributed by atoms with Gasteiger partial charge in [0.1, 0.15) is 0 Å². The number of ether oxygens (including phenoxy) is 1. The molecule has 1 N–H and O–H groups in total. The maximum Gasteiger partial charge on any atom is 0.382 e. The standard InChI is InChI=1S/C13H15F2NO5S/c1-4-21-12(18)13(14,15)10-7-9(8(2)17)5-6-11(10)22(19,20)16-3/h5-7,16H,4H2,1-3H3. The second-order valence-electron chi connectivity index (χ2n) is 4.27. The number of carbonyl (C=O) groups excluding carboxylic acids is 2. The van der Waals surface area contributed by atoms with Crippen LogP contribution in [0.2, 0.25) is 0 Å². The second kappa shape index (κ2) is 6.49. The molecule has 122 valence electrons. The van der Waals surface area contributed by atoms with Crippen molar-refractivity contribution in [1.29, 1.82) is 0 Å². The van der Waals surface area contributed by atoms with Crippen LogP contribution >= 0.6 is 0 Å². The van der Waals surface area contributed by atoms with Gasteiger partial charge in [-0.05, 0) is 33.0 Å². The zero-order valence-electron chi connectivity index (χ0n) is 12.1. The van der Waals surface area contributed by atoms with E-state index in [1.807, 2.05) is 4.72 Å². The van der Waals surface area contributed by atoms with Crippen LogP contribution in [-0.4, -0.2) is 33.8 Å². The number of esters is 1. The summed E-state index contributed by atoms with van der Waals surface area (Å²) in [5.41, 5.74) is -1.25. The van der Waals surface area contributed by atoms with Crippen LogP contribution in [-0.2, 0) is 25.5 Å². The molecule has 1 aromatic carbocycles. The van der Waals surface area contributed by atoms with Gasteiger partial charge in [-0.25, -0.2) is 17.9 Å². The fourth-order valence-electron chi connectivity index (χ4n) is 1.67. The van der Waals surface area contributed by atoms with Crippen LogP contribution < -0.4 is 4.72 Å². The first-order valence-corrected chi connectivity index (χ1v) is 7.70. The van der Waals surface area contributed by atoms with E-state index in [1.54, 1.807) is 0 Å². The van der Waals surface area contributed by atoms with Crippen molar-refractivity contribution < 1.29 is 31.5 Å². The van der Waals surface area contributed by atoms with Gasteiger partial charge in [0.05, 0.1) is 17.1 Å². The third-order valence-electron chi connectivity index (χ3n) is 2.81. The number of alkyl halides is 2. The van der Waals surface area contributed by atoms with Gasteiger partial charge in [0.15, 0.2) is 5.78 Å². The predicted octanol–water partition coefficient (Wildman–Crippen LogP) is 1.45. The molecule has 0 aliphatic carbocycles. The van der Waals surface area contributed by atoms with Gasteiger partial charge in [-0.15, -0.1) is 0 Å². The van der Waals surface area contributed by atoms with Crippen molar-refractivity contribution in [3.63, 3.8) is 0 Å². The van der Waals surface area contributed by atoms with Crippen LogP contribution in [0.1, 0.15) is 29.8 Å². The normalized spacial score (nSPS) is 12.0. The number of ketones is 1. The van der Waals surface area contributed by atoms with E-state index in [9.17, 15) is 26.8 Å². The fraction of sp³-hybridized carbons (Fsp3) is 0.385. The number of hydrogen-bond donors (Lipinski definition) is 1. The van der Waals surface area contributed by atoms with Crippen molar-refractivity contribution in [2.75, 3.05) is 13.7 Å². The van der Waals surface area contributed by atoms with Crippen molar-refractivity contribution in [1.82, 2.24) is 4.72 Å². The van der Waals surface area contributed by atoms with E-state index in [4.69, 9.17) is 0 Å². The summed E-state index contributed by atoms with van der Waals surface area (Å²) >= 11 is 0. The Morgan fingerprint density at radius 1 is 1.32 bits per heavy atom. The third kappa shape index (κ3) is 3.47. The number of hydrogen-bond acceptors (Lipinski definition) is 5. The van der Waals surface area contributed by atoms with Gasteiger partial charge in [-0.1, -0.05) is 6.07 Å². The van der Waals surface area contributed by atoms with Gasteiger partial charge in [0.2, 0.25) is 10.0 Å². The van der Waals surface area contributed by atoms with Gasteiger partial charge in [-0.3, -0.25) is 4.79 Å². The summed E-state index contributed by atoms with van der Waals surface area (Å²) in [6.45, 7) is 2.17. The van der Waals surface area contributed by atoms with Crippen molar-refractivity contribution in [2.24, 2.45) is 0 Å². The Morgan fingerprint density at radius 2 is 1.91 bits per heavy atom. The summed E-state index contributed by atoms with van der Waals surface area (Å²) in [6.07, 6.45) is 0. The SMILES string of the molecule is CCOC(=O)C(F)(F)c1cc(C(C)=O)ccc1S(=O)(=O)NC. The number of carbonyl (C=O) groups is 2. The summed E-state index contributed by atoms with van der Waals surface area (Å²) in [7, 11) is -3.21. The van der Waals surface area contributed by atoms with Crippen LogP contribution in [0.5, 0.6) is 0 Å². The molecule has 0 aromatic heterocycles. The maximum atomic E-state index is 14.2. The molecule has 0 saturated carbocycles. The molecule has 0 spiro atoms. The van der Waals surface area contributed by atoms with Gasteiger partial charge in [0.25, 0.3) is 0 Å². The number of rotatable bonds is 6. The highest BCUT2D eigenvalue weighted by Gasteiger charge is 2.46. The highest BCUT2D eigenvalue weighted by Crippen LogP contribution is 2.35. The zero-order chi connectivity index (χ0) is 17.1. The highest BCUT2D eigenvalue weighted by atomic mass is 32.2. The van der Waals surface area contributed by atoms with Crippen LogP contribution in [0, 0.1) is 0 Å². The van der Waals surface area contributed by atoms with E-state index < -0.39 is 38.2 Å². The number of sulfonamides is 1. The lowest BCUT2D eigenvalue weighted by Crippen LogP contribution is -2.32. The summed E-state index contributed by atoms with van der Waals surface area (Å²) in [5, 5.41) is 0. The Hall–Kier alpha value is -1.87.